The second-order valence-corrected chi connectivity index (χ2v) is 6.15. The van der Waals surface area contributed by atoms with E-state index in [2.05, 4.69) is 27.5 Å². The van der Waals surface area contributed by atoms with Gasteiger partial charge in [0.1, 0.15) is 5.82 Å². The molecule has 0 unspecified atom stereocenters. The Labute approximate surface area is 165 Å². The minimum Gasteiger partial charge on any atom is -0.462 e. The third kappa shape index (κ3) is 4.85. The molecular weight excluding hydrogens is 352 g/mol. The number of carbonyl (C=O) groups is 1. The van der Waals surface area contributed by atoms with E-state index in [4.69, 9.17) is 4.74 Å². The van der Waals surface area contributed by atoms with Crippen molar-refractivity contribution in [2.24, 2.45) is 0 Å². The molecule has 0 aliphatic rings. The maximum Gasteiger partial charge on any atom is 0.340 e. The van der Waals surface area contributed by atoms with Gasteiger partial charge < -0.3 is 15.4 Å². The normalized spacial score (nSPS) is 10.4. The highest BCUT2D eigenvalue weighted by molar-refractivity contribution is 5.96. The molecule has 2 aromatic carbocycles. The number of para-hydroxylation sites is 1. The predicted octanol–water partition coefficient (Wildman–Crippen LogP) is 4.89. The van der Waals surface area contributed by atoms with Crippen molar-refractivity contribution in [1.82, 2.24) is 9.97 Å². The summed E-state index contributed by atoms with van der Waals surface area (Å²) in [5.74, 6) is 0.762. The van der Waals surface area contributed by atoms with Crippen molar-refractivity contribution < 1.29 is 9.53 Å². The minimum absolute atomic E-state index is 0.318. The number of hydrogen-bond acceptors (Lipinski definition) is 6. The zero-order chi connectivity index (χ0) is 19.8. The van der Waals surface area contributed by atoms with Crippen LogP contribution in [0.25, 0.3) is 11.3 Å². The maximum absolute atomic E-state index is 12.2. The summed E-state index contributed by atoms with van der Waals surface area (Å²) < 4.78 is 5.14. The number of anilines is 3. The average molecular weight is 376 g/mol. The van der Waals surface area contributed by atoms with Gasteiger partial charge in [-0.05, 0) is 25.5 Å². The zero-order valence-corrected chi connectivity index (χ0v) is 16.1. The lowest BCUT2D eigenvalue weighted by atomic mass is 10.1. The molecule has 0 saturated heterocycles. The molecule has 0 spiro atoms. The summed E-state index contributed by atoms with van der Waals surface area (Å²) in [6.07, 6.45) is 0.985. The van der Waals surface area contributed by atoms with E-state index in [-0.39, 0.29) is 5.97 Å². The third-order valence-corrected chi connectivity index (χ3v) is 4.02. The first-order valence-electron chi connectivity index (χ1n) is 9.42. The van der Waals surface area contributed by atoms with Gasteiger partial charge in [-0.15, -0.1) is 0 Å². The molecule has 3 rings (SSSR count). The number of nitrogens with one attached hydrogen (secondary N) is 2. The van der Waals surface area contributed by atoms with Gasteiger partial charge in [-0.25, -0.2) is 9.78 Å². The molecule has 0 atom stereocenters. The zero-order valence-electron chi connectivity index (χ0n) is 16.1. The van der Waals surface area contributed by atoms with Crippen LogP contribution in [0, 0.1) is 0 Å². The number of aromatic nitrogens is 2. The Bertz CT molecular complexity index is 929. The number of nitrogens with zero attached hydrogens (tertiary/aromatic N) is 2. The highest BCUT2D eigenvalue weighted by atomic mass is 16.5. The van der Waals surface area contributed by atoms with Crippen molar-refractivity contribution >= 4 is 23.4 Å². The summed E-state index contributed by atoms with van der Waals surface area (Å²) in [4.78, 5) is 21.4. The topological polar surface area (TPSA) is 76.1 Å². The number of rotatable bonds is 8. The molecule has 6 nitrogen and oxygen atoms in total. The molecule has 0 saturated carbocycles. The van der Waals surface area contributed by atoms with Crippen molar-refractivity contribution in [2.45, 2.75) is 20.3 Å². The number of benzene rings is 2. The number of hydrogen-bond donors (Lipinski definition) is 2. The Morgan fingerprint density at radius 3 is 2.50 bits per heavy atom. The van der Waals surface area contributed by atoms with Gasteiger partial charge in [0.15, 0.2) is 0 Å². The Kier molecular flexibility index (Phi) is 6.57. The van der Waals surface area contributed by atoms with Crippen LogP contribution in [0.15, 0.2) is 60.7 Å². The lowest BCUT2D eigenvalue weighted by molar-refractivity contribution is 0.0527. The molecule has 0 bridgehead atoms. The molecule has 0 amide bonds. The summed E-state index contributed by atoms with van der Waals surface area (Å²) in [5.41, 5.74) is 2.84. The van der Waals surface area contributed by atoms with Crippen LogP contribution in [-0.2, 0) is 4.74 Å². The van der Waals surface area contributed by atoms with Gasteiger partial charge in [-0.1, -0.05) is 49.4 Å². The summed E-state index contributed by atoms with van der Waals surface area (Å²) >= 11 is 0. The molecular formula is C22H24N4O2. The molecule has 1 aromatic heterocycles. The van der Waals surface area contributed by atoms with Crippen LogP contribution in [-0.4, -0.2) is 29.1 Å². The lowest BCUT2D eigenvalue weighted by Crippen LogP contribution is -2.10. The summed E-state index contributed by atoms with van der Waals surface area (Å²) in [6.45, 7) is 5.01. The van der Waals surface area contributed by atoms with Gasteiger partial charge in [0.2, 0.25) is 5.95 Å². The number of carbonyl (C=O) groups excluding carboxylic acids is 1. The largest absolute Gasteiger partial charge is 0.462 e. The van der Waals surface area contributed by atoms with Crippen LogP contribution in [0.5, 0.6) is 0 Å². The summed E-state index contributed by atoms with van der Waals surface area (Å²) in [5, 5.41) is 6.48. The van der Waals surface area contributed by atoms with Crippen molar-refractivity contribution in [3.8, 4) is 11.3 Å². The molecule has 0 fully saturated rings. The summed E-state index contributed by atoms with van der Waals surface area (Å²) in [6, 6.07) is 19.0. The molecule has 0 aliphatic carbocycles. The Morgan fingerprint density at radius 1 is 1.00 bits per heavy atom. The van der Waals surface area contributed by atoms with Gasteiger partial charge >= 0.3 is 5.97 Å². The van der Waals surface area contributed by atoms with Crippen molar-refractivity contribution in [3.63, 3.8) is 0 Å². The maximum atomic E-state index is 12.2. The monoisotopic (exact) mass is 376 g/mol. The first-order chi connectivity index (χ1) is 13.7. The van der Waals surface area contributed by atoms with Crippen LogP contribution in [0.1, 0.15) is 30.6 Å². The molecule has 0 aliphatic heterocycles. The van der Waals surface area contributed by atoms with E-state index < -0.39 is 0 Å². The van der Waals surface area contributed by atoms with Gasteiger partial charge in [0, 0.05) is 18.2 Å². The molecule has 28 heavy (non-hydrogen) atoms. The van der Waals surface area contributed by atoms with E-state index in [0.717, 1.165) is 30.0 Å². The molecule has 0 radical (unpaired) electrons. The van der Waals surface area contributed by atoms with Gasteiger partial charge in [-0.2, -0.15) is 4.98 Å². The Morgan fingerprint density at radius 2 is 1.75 bits per heavy atom. The second kappa shape index (κ2) is 9.50. The van der Waals surface area contributed by atoms with E-state index in [0.29, 0.717) is 23.8 Å². The molecule has 2 N–H and O–H groups in total. The van der Waals surface area contributed by atoms with E-state index in [1.807, 2.05) is 48.5 Å². The smallest absolute Gasteiger partial charge is 0.340 e. The van der Waals surface area contributed by atoms with E-state index in [9.17, 15) is 4.79 Å². The fourth-order valence-electron chi connectivity index (χ4n) is 2.70. The van der Waals surface area contributed by atoms with Crippen LogP contribution in [0.4, 0.5) is 17.5 Å². The quantitative estimate of drug-likeness (QED) is 0.545. The van der Waals surface area contributed by atoms with Gasteiger partial charge in [0.25, 0.3) is 0 Å². The minimum atomic E-state index is -0.380. The van der Waals surface area contributed by atoms with Gasteiger partial charge in [0.05, 0.1) is 23.6 Å². The van der Waals surface area contributed by atoms with E-state index in [1.165, 1.54) is 0 Å². The van der Waals surface area contributed by atoms with E-state index >= 15 is 0 Å². The fraction of sp³-hybridized carbons (Fsp3) is 0.227. The van der Waals surface area contributed by atoms with Crippen LogP contribution >= 0.6 is 0 Å². The van der Waals surface area contributed by atoms with Crippen molar-refractivity contribution in [2.75, 3.05) is 23.8 Å². The number of ether oxygens (including phenoxy) is 1. The lowest BCUT2D eigenvalue weighted by Gasteiger charge is -2.13. The van der Waals surface area contributed by atoms with Gasteiger partial charge in [-0.3, -0.25) is 0 Å². The van der Waals surface area contributed by atoms with Crippen molar-refractivity contribution in [3.05, 3.63) is 66.2 Å². The number of esters is 1. The molecule has 3 aromatic rings. The average Bonchev–Trinajstić information content (AvgIpc) is 2.73. The highest BCUT2D eigenvalue weighted by Gasteiger charge is 2.14. The Hall–Kier alpha value is -3.41. The van der Waals surface area contributed by atoms with Crippen LogP contribution < -0.4 is 10.6 Å². The standard InChI is InChI=1S/C22H24N4O2/c1-3-14-23-20-15-19(16-10-6-5-7-11-16)25-22(26-20)24-18-13-9-8-12-17(18)21(27)28-4-2/h5-13,15H,3-4,14H2,1-2H3,(H2,23,24,25,26). The summed E-state index contributed by atoms with van der Waals surface area (Å²) in [7, 11) is 0. The molecule has 6 heteroatoms. The highest BCUT2D eigenvalue weighted by Crippen LogP contribution is 2.25. The Balaban J connectivity index is 1.97. The molecule has 1 heterocycles. The van der Waals surface area contributed by atoms with Crippen LogP contribution in [0.2, 0.25) is 0 Å². The van der Waals surface area contributed by atoms with Crippen LogP contribution in [0.3, 0.4) is 0 Å². The van der Waals surface area contributed by atoms with Crippen molar-refractivity contribution in [1.29, 1.82) is 0 Å². The first-order valence-corrected chi connectivity index (χ1v) is 9.42. The van der Waals surface area contributed by atoms with E-state index in [1.54, 1.807) is 19.1 Å². The third-order valence-electron chi connectivity index (χ3n) is 4.02. The fourth-order valence-corrected chi connectivity index (χ4v) is 2.70. The predicted molar refractivity (Wildman–Crippen MR) is 112 cm³/mol. The SMILES string of the molecule is CCCNc1cc(-c2ccccc2)nc(Nc2ccccc2C(=O)OCC)n1. The first kappa shape index (κ1) is 19.4. The second-order valence-electron chi connectivity index (χ2n) is 6.15. The molecule has 144 valence electrons.